The summed E-state index contributed by atoms with van der Waals surface area (Å²) >= 11 is 7.85. The Labute approximate surface area is 128 Å². The molecule has 1 fully saturated rings. The van der Waals surface area contributed by atoms with Crippen molar-refractivity contribution in [2.24, 2.45) is 0 Å². The molecule has 1 aliphatic rings. The van der Waals surface area contributed by atoms with Gasteiger partial charge in [-0.2, -0.15) is 0 Å². The second kappa shape index (κ2) is 5.93. The van der Waals surface area contributed by atoms with Crippen LogP contribution in [0.5, 0.6) is 0 Å². The molecule has 0 spiro atoms. The van der Waals surface area contributed by atoms with Gasteiger partial charge in [0.1, 0.15) is 15.8 Å². The van der Waals surface area contributed by atoms with Crippen LogP contribution in [-0.2, 0) is 6.54 Å². The zero-order valence-electron chi connectivity index (χ0n) is 11.8. The first-order valence-corrected chi connectivity index (χ1v) is 8.25. The predicted octanol–water partition coefficient (Wildman–Crippen LogP) is 2.87. The van der Waals surface area contributed by atoms with Gasteiger partial charge in [-0.3, -0.25) is 4.90 Å². The van der Waals surface area contributed by atoms with Crippen molar-refractivity contribution in [2.75, 3.05) is 26.7 Å². The number of rotatable bonds is 3. The summed E-state index contributed by atoms with van der Waals surface area (Å²) in [7, 11) is 2.20. The molecule has 0 saturated carbocycles. The number of nitrogens with zero attached hydrogens (tertiary/aromatic N) is 4. The van der Waals surface area contributed by atoms with E-state index in [4.69, 9.17) is 11.6 Å². The molecule has 0 radical (unpaired) electrons. The molecule has 0 bridgehead atoms. The fraction of sp³-hybridized carbons (Fsp3) is 0.571. The smallest absolute Gasteiger partial charge is 0.145 e. The second-order valence-electron chi connectivity index (χ2n) is 5.35. The third-order valence-corrected chi connectivity index (χ3v) is 5.12. The number of likely N-dealkylation sites (N-methyl/N-ethyl adjacent to an activating group) is 1. The maximum Gasteiger partial charge on any atom is 0.145 e. The van der Waals surface area contributed by atoms with Crippen molar-refractivity contribution in [2.45, 2.75) is 25.9 Å². The van der Waals surface area contributed by atoms with Gasteiger partial charge in [0.2, 0.25) is 0 Å². The molecule has 2 aromatic rings. The van der Waals surface area contributed by atoms with Crippen molar-refractivity contribution in [3.05, 3.63) is 22.4 Å². The van der Waals surface area contributed by atoms with Crippen LogP contribution in [0.15, 0.2) is 11.4 Å². The lowest BCUT2D eigenvalue weighted by Crippen LogP contribution is -2.50. The molecule has 0 aromatic carbocycles. The first kappa shape index (κ1) is 14.2. The summed E-state index contributed by atoms with van der Waals surface area (Å²) in [5.41, 5.74) is 0. The molecule has 1 saturated heterocycles. The van der Waals surface area contributed by atoms with E-state index in [0.717, 1.165) is 42.2 Å². The van der Waals surface area contributed by atoms with Crippen LogP contribution in [0.3, 0.4) is 0 Å². The summed E-state index contributed by atoms with van der Waals surface area (Å²) in [5.74, 6) is 0.837. The monoisotopic (exact) mass is 310 g/mol. The number of hydrogen-bond acceptors (Lipinski definition) is 5. The van der Waals surface area contributed by atoms with Crippen molar-refractivity contribution >= 4 is 33.2 Å². The third kappa shape index (κ3) is 2.81. The van der Waals surface area contributed by atoms with Crippen LogP contribution < -0.4 is 0 Å². The fourth-order valence-corrected chi connectivity index (χ4v) is 3.82. The molecule has 0 amide bonds. The molecule has 0 aliphatic carbocycles. The van der Waals surface area contributed by atoms with E-state index in [0.29, 0.717) is 11.2 Å². The lowest BCUT2D eigenvalue weighted by Gasteiger charge is -2.38. The normalized spacial score (nSPS) is 21.6. The van der Waals surface area contributed by atoms with Gasteiger partial charge in [0.05, 0.1) is 6.54 Å². The van der Waals surface area contributed by atoms with Gasteiger partial charge in [-0.05, 0) is 24.9 Å². The summed E-state index contributed by atoms with van der Waals surface area (Å²) in [5, 5.41) is 3.55. The Morgan fingerprint density at radius 3 is 3.05 bits per heavy atom. The first-order valence-electron chi connectivity index (χ1n) is 6.99. The molecule has 20 heavy (non-hydrogen) atoms. The molecular formula is C14H19ClN4S. The van der Waals surface area contributed by atoms with Gasteiger partial charge in [-0.25, -0.2) is 9.97 Å². The Kier molecular flexibility index (Phi) is 4.21. The standard InChI is InChI=1S/C14H19ClN4S/c1-3-10-8-19(6-5-18(10)2)9-12-16-13(15)11-4-7-20-14(11)17-12/h4,7,10H,3,5-6,8-9H2,1-2H3. The second-order valence-corrected chi connectivity index (χ2v) is 6.60. The van der Waals surface area contributed by atoms with Gasteiger partial charge >= 0.3 is 0 Å². The zero-order valence-corrected chi connectivity index (χ0v) is 13.4. The highest BCUT2D eigenvalue weighted by atomic mass is 35.5. The van der Waals surface area contributed by atoms with E-state index in [1.165, 1.54) is 6.42 Å². The Balaban J connectivity index is 1.76. The van der Waals surface area contributed by atoms with Gasteiger partial charge in [0.15, 0.2) is 0 Å². The van der Waals surface area contributed by atoms with Crippen molar-refractivity contribution < 1.29 is 0 Å². The molecule has 3 rings (SSSR count). The van der Waals surface area contributed by atoms with Gasteiger partial charge in [0.25, 0.3) is 0 Å². The molecule has 6 heteroatoms. The fourth-order valence-electron chi connectivity index (χ4n) is 2.73. The van der Waals surface area contributed by atoms with Crippen LogP contribution in [0.2, 0.25) is 5.15 Å². The zero-order chi connectivity index (χ0) is 14.1. The first-order chi connectivity index (χ1) is 9.67. The highest BCUT2D eigenvalue weighted by Gasteiger charge is 2.23. The van der Waals surface area contributed by atoms with Gasteiger partial charge in [-0.1, -0.05) is 18.5 Å². The topological polar surface area (TPSA) is 32.3 Å². The van der Waals surface area contributed by atoms with Crippen LogP contribution in [-0.4, -0.2) is 52.5 Å². The maximum atomic E-state index is 6.23. The minimum absolute atomic E-state index is 0.576. The van der Waals surface area contributed by atoms with E-state index in [1.807, 2.05) is 11.4 Å². The lowest BCUT2D eigenvalue weighted by atomic mass is 10.1. The molecule has 3 heterocycles. The number of hydrogen-bond donors (Lipinski definition) is 0. The average Bonchev–Trinajstić information content (AvgIpc) is 2.90. The summed E-state index contributed by atoms with van der Waals surface area (Å²) in [6.07, 6.45) is 1.18. The van der Waals surface area contributed by atoms with Crippen molar-refractivity contribution in [3.63, 3.8) is 0 Å². The SMILES string of the molecule is CCC1CN(Cc2nc(Cl)c3ccsc3n2)CCN1C. The molecule has 0 N–H and O–H groups in total. The molecule has 1 aliphatic heterocycles. The van der Waals surface area contributed by atoms with E-state index in [1.54, 1.807) is 11.3 Å². The summed E-state index contributed by atoms with van der Waals surface area (Å²) in [4.78, 5) is 14.9. The van der Waals surface area contributed by atoms with Gasteiger partial charge in [0, 0.05) is 31.1 Å². The Morgan fingerprint density at radius 1 is 1.40 bits per heavy atom. The predicted molar refractivity (Wildman–Crippen MR) is 84.4 cm³/mol. The molecule has 2 aromatic heterocycles. The molecule has 108 valence electrons. The largest absolute Gasteiger partial charge is 0.301 e. The number of piperazine rings is 1. The average molecular weight is 311 g/mol. The Bertz CT molecular complexity index is 600. The lowest BCUT2D eigenvalue weighted by molar-refractivity contribution is 0.0866. The molecule has 4 nitrogen and oxygen atoms in total. The van der Waals surface area contributed by atoms with E-state index in [2.05, 4.69) is 33.7 Å². The van der Waals surface area contributed by atoms with Crippen molar-refractivity contribution in [1.29, 1.82) is 0 Å². The van der Waals surface area contributed by atoms with E-state index >= 15 is 0 Å². The van der Waals surface area contributed by atoms with Crippen LogP contribution in [0, 0.1) is 0 Å². The van der Waals surface area contributed by atoms with Crippen LogP contribution in [0.1, 0.15) is 19.2 Å². The van der Waals surface area contributed by atoms with Gasteiger partial charge < -0.3 is 4.90 Å². The van der Waals surface area contributed by atoms with Crippen LogP contribution >= 0.6 is 22.9 Å². The summed E-state index contributed by atoms with van der Waals surface area (Å²) in [6, 6.07) is 2.61. The Hall–Kier alpha value is -0.750. The number of thiophene rings is 1. The summed E-state index contributed by atoms with van der Waals surface area (Å²) < 4.78 is 0. The van der Waals surface area contributed by atoms with E-state index in [-0.39, 0.29) is 0 Å². The quantitative estimate of drug-likeness (QED) is 0.816. The highest BCUT2D eigenvalue weighted by Crippen LogP contribution is 2.25. The van der Waals surface area contributed by atoms with Crippen molar-refractivity contribution in [1.82, 2.24) is 19.8 Å². The van der Waals surface area contributed by atoms with Gasteiger partial charge in [-0.15, -0.1) is 11.3 Å². The maximum absolute atomic E-state index is 6.23. The van der Waals surface area contributed by atoms with E-state index in [9.17, 15) is 0 Å². The molecular weight excluding hydrogens is 292 g/mol. The minimum atomic E-state index is 0.576. The van der Waals surface area contributed by atoms with E-state index < -0.39 is 0 Å². The van der Waals surface area contributed by atoms with Crippen molar-refractivity contribution in [3.8, 4) is 0 Å². The number of aromatic nitrogens is 2. The third-order valence-electron chi connectivity index (χ3n) is 4.02. The van der Waals surface area contributed by atoms with Crippen LogP contribution in [0.25, 0.3) is 10.2 Å². The van der Waals surface area contributed by atoms with Crippen LogP contribution in [0.4, 0.5) is 0 Å². The minimum Gasteiger partial charge on any atom is -0.301 e. The summed E-state index contributed by atoms with van der Waals surface area (Å²) in [6.45, 7) is 6.29. The number of fused-ring (bicyclic) bond motifs is 1. The molecule has 1 atom stereocenters. The highest BCUT2D eigenvalue weighted by molar-refractivity contribution is 7.16. The number of halogens is 1. The Morgan fingerprint density at radius 2 is 2.25 bits per heavy atom. The molecule has 1 unspecified atom stereocenters.